The molecule has 224 valence electrons. The second-order valence-electron chi connectivity index (χ2n) is 11.5. The van der Waals surface area contributed by atoms with Crippen LogP contribution in [0.1, 0.15) is 56.1 Å². The van der Waals surface area contributed by atoms with E-state index in [9.17, 15) is 13.2 Å². The van der Waals surface area contributed by atoms with Gasteiger partial charge in [0.15, 0.2) is 0 Å². The van der Waals surface area contributed by atoms with Crippen molar-refractivity contribution in [3.63, 3.8) is 0 Å². The topological polar surface area (TPSA) is 91.0 Å². The van der Waals surface area contributed by atoms with Gasteiger partial charge in [-0.15, -0.1) is 0 Å². The molecule has 2 aliphatic rings. The molecule has 1 heterocycles. The largest absolute Gasteiger partial charge is 0.457 e. The van der Waals surface area contributed by atoms with Crippen LogP contribution in [0, 0.1) is 0 Å². The summed E-state index contributed by atoms with van der Waals surface area (Å²) in [5.74, 6) is 1.36. The van der Waals surface area contributed by atoms with E-state index in [2.05, 4.69) is 44.1 Å². The summed E-state index contributed by atoms with van der Waals surface area (Å²) in [6, 6.07) is 25.8. The Kier molecular flexibility index (Phi) is 10.0. The zero-order chi connectivity index (χ0) is 29.4. The number of anilines is 1. The summed E-state index contributed by atoms with van der Waals surface area (Å²) >= 11 is 0. The molecule has 0 unspecified atom stereocenters. The predicted octanol–water partition coefficient (Wildman–Crippen LogP) is 6.36. The molecular weight excluding hydrogens is 548 g/mol. The van der Waals surface area contributed by atoms with E-state index in [0.29, 0.717) is 24.0 Å². The second kappa shape index (κ2) is 14.1. The first-order valence-electron chi connectivity index (χ1n) is 15.0. The quantitative estimate of drug-likeness (QED) is 0.287. The summed E-state index contributed by atoms with van der Waals surface area (Å²) in [6.07, 6.45) is 8.88. The predicted molar refractivity (Wildman–Crippen MR) is 167 cm³/mol. The van der Waals surface area contributed by atoms with Crippen LogP contribution in [0.5, 0.6) is 11.5 Å². The fraction of sp³-hybridized carbons (Fsp3) is 0.424. The summed E-state index contributed by atoms with van der Waals surface area (Å²) < 4.78 is 31.2. The van der Waals surface area contributed by atoms with Crippen molar-refractivity contribution >= 4 is 21.7 Å². The van der Waals surface area contributed by atoms with Gasteiger partial charge in [0.05, 0.1) is 6.26 Å². The van der Waals surface area contributed by atoms with Crippen molar-refractivity contribution in [2.75, 3.05) is 24.1 Å². The smallest absolute Gasteiger partial charge is 0.318 e. The van der Waals surface area contributed by atoms with E-state index in [1.165, 1.54) is 30.4 Å². The van der Waals surface area contributed by atoms with Crippen molar-refractivity contribution in [1.29, 1.82) is 0 Å². The second-order valence-corrected chi connectivity index (χ2v) is 13.3. The average Bonchev–Trinajstić information content (AvgIpc) is 2.99. The maximum absolute atomic E-state index is 13.5. The minimum atomic E-state index is -3.31. The standard InChI is InChI=1S/C33H42N4O4S/c1-42(39,40)35-29-14-18-32(19-15-29)41-31-16-12-27(13-17-31)24-36-22-20-30(21-23-36)37(25-26-8-4-2-5-9-26)33(38)34-28-10-6-3-7-11-28/h2,4-5,8-9,12-19,28,30,35H,3,6-7,10-11,20-25H2,1H3,(H,34,38). The Morgan fingerprint density at radius 1 is 0.833 bits per heavy atom. The molecule has 5 rings (SSSR count). The molecule has 3 aromatic rings. The number of ether oxygens (including phenoxy) is 1. The molecule has 0 bridgehead atoms. The maximum atomic E-state index is 13.5. The van der Waals surface area contributed by atoms with E-state index < -0.39 is 10.0 Å². The van der Waals surface area contributed by atoms with Gasteiger partial charge in [-0.25, -0.2) is 13.2 Å². The molecular formula is C33H42N4O4S. The highest BCUT2D eigenvalue weighted by Crippen LogP contribution is 2.26. The number of nitrogens with zero attached hydrogens (tertiary/aromatic N) is 2. The van der Waals surface area contributed by atoms with Crippen LogP contribution >= 0.6 is 0 Å². The monoisotopic (exact) mass is 590 g/mol. The first-order valence-corrected chi connectivity index (χ1v) is 16.9. The maximum Gasteiger partial charge on any atom is 0.318 e. The molecule has 3 aromatic carbocycles. The third kappa shape index (κ3) is 8.97. The number of hydrogen-bond acceptors (Lipinski definition) is 5. The highest BCUT2D eigenvalue weighted by molar-refractivity contribution is 7.92. The first-order chi connectivity index (χ1) is 20.3. The van der Waals surface area contributed by atoms with Crippen molar-refractivity contribution < 1.29 is 17.9 Å². The normalized spacial score (nSPS) is 17.0. The fourth-order valence-corrected chi connectivity index (χ4v) is 6.47. The van der Waals surface area contributed by atoms with Crippen LogP contribution in [0.25, 0.3) is 0 Å². The summed E-state index contributed by atoms with van der Waals surface area (Å²) in [4.78, 5) is 18.0. The molecule has 0 aromatic heterocycles. The summed E-state index contributed by atoms with van der Waals surface area (Å²) in [6.45, 7) is 3.38. The van der Waals surface area contributed by atoms with Gasteiger partial charge in [0.2, 0.25) is 10.0 Å². The van der Waals surface area contributed by atoms with Gasteiger partial charge in [0.1, 0.15) is 11.5 Å². The highest BCUT2D eigenvalue weighted by Gasteiger charge is 2.29. The van der Waals surface area contributed by atoms with Crippen LogP contribution < -0.4 is 14.8 Å². The van der Waals surface area contributed by atoms with Crippen LogP contribution in [0.3, 0.4) is 0 Å². The minimum Gasteiger partial charge on any atom is -0.457 e. The van der Waals surface area contributed by atoms with Crippen LogP contribution in [0.15, 0.2) is 78.9 Å². The molecule has 1 aliphatic heterocycles. The lowest BCUT2D eigenvalue weighted by atomic mass is 9.95. The van der Waals surface area contributed by atoms with Crippen molar-refractivity contribution in [2.45, 2.75) is 70.1 Å². The lowest BCUT2D eigenvalue weighted by molar-refractivity contribution is 0.110. The van der Waals surface area contributed by atoms with Gasteiger partial charge in [0, 0.05) is 44.0 Å². The van der Waals surface area contributed by atoms with E-state index in [1.54, 1.807) is 24.3 Å². The zero-order valence-corrected chi connectivity index (χ0v) is 25.2. The Balaban J connectivity index is 1.13. The third-order valence-corrected chi connectivity index (χ3v) is 8.72. The van der Waals surface area contributed by atoms with Crippen LogP contribution in [-0.4, -0.2) is 55.7 Å². The minimum absolute atomic E-state index is 0.0843. The zero-order valence-electron chi connectivity index (χ0n) is 24.4. The Bertz CT molecular complexity index is 1380. The number of rotatable bonds is 10. The van der Waals surface area contributed by atoms with Gasteiger partial charge in [-0.2, -0.15) is 0 Å². The van der Waals surface area contributed by atoms with Crippen LogP contribution in [-0.2, 0) is 23.1 Å². The molecule has 1 aliphatic carbocycles. The third-order valence-electron chi connectivity index (χ3n) is 8.11. The molecule has 2 amide bonds. The number of carbonyl (C=O) groups is 1. The van der Waals surface area contributed by atoms with Gasteiger partial charge in [-0.1, -0.05) is 61.7 Å². The van der Waals surface area contributed by atoms with Crippen molar-refractivity contribution in [3.8, 4) is 11.5 Å². The molecule has 8 nitrogen and oxygen atoms in total. The van der Waals surface area contributed by atoms with E-state index in [0.717, 1.165) is 57.3 Å². The van der Waals surface area contributed by atoms with Gasteiger partial charge in [-0.05, 0) is 73.2 Å². The number of sulfonamides is 1. The van der Waals surface area contributed by atoms with E-state index >= 15 is 0 Å². The lowest BCUT2D eigenvalue weighted by Crippen LogP contribution is -2.52. The van der Waals surface area contributed by atoms with Crippen molar-refractivity contribution in [1.82, 2.24) is 15.1 Å². The molecule has 2 N–H and O–H groups in total. The molecule has 2 fully saturated rings. The molecule has 1 saturated heterocycles. The van der Waals surface area contributed by atoms with E-state index in [4.69, 9.17) is 4.74 Å². The van der Waals surface area contributed by atoms with E-state index in [1.807, 2.05) is 30.3 Å². The molecule has 42 heavy (non-hydrogen) atoms. The van der Waals surface area contributed by atoms with Gasteiger partial charge < -0.3 is 15.0 Å². The Labute approximate surface area is 250 Å². The van der Waals surface area contributed by atoms with Crippen LogP contribution in [0.2, 0.25) is 0 Å². The number of likely N-dealkylation sites (tertiary alicyclic amines) is 1. The Morgan fingerprint density at radius 2 is 1.45 bits per heavy atom. The number of urea groups is 1. The van der Waals surface area contributed by atoms with Gasteiger partial charge >= 0.3 is 6.03 Å². The van der Waals surface area contributed by atoms with E-state index in [-0.39, 0.29) is 12.1 Å². The van der Waals surface area contributed by atoms with Crippen LogP contribution in [0.4, 0.5) is 10.5 Å². The molecule has 0 radical (unpaired) electrons. The summed E-state index contributed by atoms with van der Waals surface area (Å²) in [5, 5.41) is 3.36. The van der Waals surface area contributed by atoms with Crippen molar-refractivity contribution in [3.05, 3.63) is 90.0 Å². The number of hydrogen-bond donors (Lipinski definition) is 2. The van der Waals surface area contributed by atoms with Crippen molar-refractivity contribution in [2.24, 2.45) is 0 Å². The highest BCUT2D eigenvalue weighted by atomic mass is 32.2. The SMILES string of the molecule is CS(=O)(=O)Nc1ccc(Oc2ccc(CN3CCC(N(Cc4ccccc4)C(=O)NC4CCCCC4)CC3)cc2)cc1. The molecule has 0 atom stereocenters. The molecule has 0 spiro atoms. The Morgan fingerprint density at radius 3 is 2.07 bits per heavy atom. The number of nitrogens with one attached hydrogen (secondary N) is 2. The number of benzene rings is 3. The summed E-state index contributed by atoms with van der Waals surface area (Å²) in [5.41, 5.74) is 2.88. The lowest BCUT2D eigenvalue weighted by Gasteiger charge is -2.39. The summed E-state index contributed by atoms with van der Waals surface area (Å²) in [7, 11) is -3.31. The Hall–Kier alpha value is -3.56. The molecule has 9 heteroatoms. The van der Waals surface area contributed by atoms with Gasteiger partial charge in [0.25, 0.3) is 0 Å². The first kappa shape index (κ1) is 29.9. The molecule has 1 saturated carbocycles. The fourth-order valence-electron chi connectivity index (χ4n) is 5.90. The number of amides is 2. The number of piperidine rings is 1. The number of carbonyl (C=O) groups excluding carboxylic acids is 1. The average molecular weight is 591 g/mol. The van der Waals surface area contributed by atoms with Gasteiger partial charge in [-0.3, -0.25) is 9.62 Å².